The third-order valence-electron chi connectivity index (χ3n) is 9.47. The third kappa shape index (κ3) is 2.94. The number of ether oxygens (including phenoxy) is 1. The second-order valence-corrected chi connectivity index (χ2v) is 11.6. The minimum absolute atomic E-state index is 0.00382. The Balaban J connectivity index is 1.27. The molecule has 4 atom stereocenters. The Kier molecular flexibility index (Phi) is 4.47. The highest BCUT2D eigenvalue weighted by molar-refractivity contribution is 5.72. The Bertz CT molecular complexity index is 1270. The summed E-state index contributed by atoms with van der Waals surface area (Å²) in [6.07, 6.45) is 12.9. The van der Waals surface area contributed by atoms with Crippen molar-refractivity contribution < 1.29 is 9.84 Å². The van der Waals surface area contributed by atoms with Gasteiger partial charge in [-0.15, -0.1) is 0 Å². The van der Waals surface area contributed by atoms with Crippen LogP contribution >= 0.6 is 0 Å². The minimum Gasteiger partial charge on any atom is -0.396 e. The Hall–Kier alpha value is -2.45. The summed E-state index contributed by atoms with van der Waals surface area (Å²) in [5.41, 5.74) is 3.72. The van der Waals surface area contributed by atoms with E-state index in [9.17, 15) is 9.90 Å². The molecule has 4 unspecified atom stereocenters. The number of hydrogen-bond acceptors (Lipinski definition) is 6. The smallest absolute Gasteiger partial charge is 0.330 e. The van der Waals surface area contributed by atoms with Gasteiger partial charge in [0, 0.05) is 37.9 Å². The van der Waals surface area contributed by atoms with Gasteiger partial charge in [0.15, 0.2) is 5.65 Å². The standard InChI is InChI=1S/C26H33N5O3/c1-14-5-21-16(3-4-34-21)8-19(14)28-24-27-12-20-23(29-24)31(25(33)30(20)2)22-17-6-15-7-18(22)11-26(9-15,10-17)13-32/h5,8,12,15-18,21-22,32H,3-4,6-7,9-11,13H2,1-2H3,(H,27,28,29). The molecule has 4 bridgehead atoms. The number of allylic oxidation sites excluding steroid dienone is 1. The van der Waals surface area contributed by atoms with Gasteiger partial charge in [-0.05, 0) is 74.2 Å². The van der Waals surface area contributed by atoms with E-state index >= 15 is 0 Å². The first-order chi connectivity index (χ1) is 16.4. The molecule has 2 aromatic heterocycles. The van der Waals surface area contributed by atoms with Gasteiger partial charge in [-0.2, -0.15) is 4.98 Å². The molecule has 1 saturated heterocycles. The molecule has 180 valence electrons. The maximum Gasteiger partial charge on any atom is 0.330 e. The number of nitrogens with one attached hydrogen (secondary N) is 1. The fourth-order valence-electron chi connectivity index (χ4n) is 8.17. The van der Waals surface area contributed by atoms with Crippen molar-refractivity contribution in [3.8, 4) is 0 Å². The van der Waals surface area contributed by atoms with Crippen molar-refractivity contribution in [3.63, 3.8) is 0 Å². The monoisotopic (exact) mass is 463 g/mol. The molecule has 34 heavy (non-hydrogen) atoms. The van der Waals surface area contributed by atoms with E-state index in [-0.39, 0.29) is 29.9 Å². The Morgan fingerprint density at radius 1 is 1.24 bits per heavy atom. The number of anilines is 1. The molecule has 6 aliphatic rings. The lowest BCUT2D eigenvalue weighted by atomic mass is 9.48. The molecule has 3 heterocycles. The average Bonchev–Trinajstić information content (AvgIpc) is 3.36. The number of rotatable bonds is 4. The van der Waals surface area contributed by atoms with Crippen molar-refractivity contribution in [2.75, 3.05) is 18.5 Å². The molecule has 0 spiro atoms. The van der Waals surface area contributed by atoms with Crippen molar-refractivity contribution >= 4 is 17.1 Å². The maximum atomic E-state index is 13.5. The Morgan fingerprint density at radius 3 is 2.79 bits per heavy atom. The number of aromatic nitrogens is 4. The van der Waals surface area contributed by atoms with Crippen LogP contribution in [0.1, 0.15) is 51.5 Å². The third-order valence-corrected chi connectivity index (χ3v) is 9.47. The predicted molar refractivity (Wildman–Crippen MR) is 128 cm³/mol. The number of aliphatic hydroxyl groups is 1. The van der Waals surface area contributed by atoms with E-state index in [2.05, 4.69) is 29.4 Å². The highest BCUT2D eigenvalue weighted by atomic mass is 16.5. The van der Waals surface area contributed by atoms with Crippen LogP contribution in [0, 0.1) is 29.1 Å². The van der Waals surface area contributed by atoms with Crippen LogP contribution in [0.25, 0.3) is 11.2 Å². The summed E-state index contributed by atoms with van der Waals surface area (Å²) in [7, 11) is 1.82. The molecule has 2 N–H and O–H groups in total. The average molecular weight is 464 g/mol. The largest absolute Gasteiger partial charge is 0.396 e. The molecular formula is C26H33N5O3. The lowest BCUT2D eigenvalue weighted by Gasteiger charge is -2.59. The summed E-state index contributed by atoms with van der Waals surface area (Å²) in [6.45, 7) is 3.15. The molecule has 5 aliphatic carbocycles. The fourth-order valence-corrected chi connectivity index (χ4v) is 8.17. The van der Waals surface area contributed by atoms with E-state index in [1.165, 1.54) is 0 Å². The van der Waals surface area contributed by atoms with Crippen molar-refractivity contribution in [3.05, 3.63) is 40.1 Å². The van der Waals surface area contributed by atoms with Gasteiger partial charge in [0.2, 0.25) is 5.95 Å². The van der Waals surface area contributed by atoms with Crippen molar-refractivity contribution in [2.24, 2.45) is 36.1 Å². The number of imidazole rings is 1. The molecular weight excluding hydrogens is 430 g/mol. The number of aryl methyl sites for hydroxylation is 1. The topological polar surface area (TPSA) is 94.2 Å². The predicted octanol–water partition coefficient (Wildman–Crippen LogP) is 3.15. The SMILES string of the molecule is CC1=CC2OCCC2C=C1Nc1ncc2c(n1)n(C1C3CC4CC1CC(CO)(C4)C3)c(=O)n2C. The van der Waals surface area contributed by atoms with E-state index in [0.717, 1.165) is 67.6 Å². The molecule has 2 aromatic rings. The Labute approximate surface area is 198 Å². The first-order valence-electron chi connectivity index (χ1n) is 12.8. The number of aliphatic hydroxyl groups excluding tert-OH is 1. The molecule has 8 heteroatoms. The molecule has 8 rings (SSSR count). The maximum absolute atomic E-state index is 13.5. The van der Waals surface area contributed by atoms with Crippen LogP contribution in [-0.4, -0.2) is 43.5 Å². The van der Waals surface area contributed by atoms with Gasteiger partial charge in [0.05, 0.1) is 12.3 Å². The zero-order valence-electron chi connectivity index (χ0n) is 19.9. The second-order valence-electron chi connectivity index (χ2n) is 11.6. The van der Waals surface area contributed by atoms with Crippen LogP contribution in [0.3, 0.4) is 0 Å². The second kappa shape index (κ2) is 7.28. The zero-order valence-corrected chi connectivity index (χ0v) is 19.9. The number of hydrogen-bond donors (Lipinski definition) is 2. The van der Waals surface area contributed by atoms with E-state index in [1.54, 1.807) is 10.8 Å². The quantitative estimate of drug-likeness (QED) is 0.724. The summed E-state index contributed by atoms with van der Waals surface area (Å²) in [5, 5.41) is 13.6. The number of nitrogens with zero attached hydrogens (tertiary/aromatic N) is 4. The highest BCUT2D eigenvalue weighted by Crippen LogP contribution is 2.63. The van der Waals surface area contributed by atoms with Gasteiger partial charge in [0.25, 0.3) is 0 Å². The summed E-state index contributed by atoms with van der Waals surface area (Å²) < 4.78 is 9.47. The van der Waals surface area contributed by atoms with E-state index in [0.29, 0.717) is 29.6 Å². The molecule has 0 radical (unpaired) electrons. The van der Waals surface area contributed by atoms with Crippen molar-refractivity contribution in [1.29, 1.82) is 0 Å². The first-order valence-corrected chi connectivity index (χ1v) is 12.8. The van der Waals surface area contributed by atoms with Gasteiger partial charge in [0.1, 0.15) is 5.52 Å². The molecule has 1 aliphatic heterocycles. The van der Waals surface area contributed by atoms with Gasteiger partial charge >= 0.3 is 5.69 Å². The van der Waals surface area contributed by atoms with Crippen LogP contribution in [0.2, 0.25) is 0 Å². The van der Waals surface area contributed by atoms with Gasteiger partial charge in [-0.1, -0.05) is 12.2 Å². The van der Waals surface area contributed by atoms with Gasteiger partial charge < -0.3 is 15.2 Å². The molecule has 5 fully saturated rings. The Morgan fingerprint density at radius 2 is 2.03 bits per heavy atom. The van der Waals surface area contributed by atoms with E-state index in [4.69, 9.17) is 9.72 Å². The van der Waals surface area contributed by atoms with Crippen LogP contribution < -0.4 is 11.0 Å². The number of fused-ring (bicyclic) bond motifs is 2. The fraction of sp³-hybridized carbons (Fsp3) is 0.654. The zero-order chi connectivity index (χ0) is 23.2. The van der Waals surface area contributed by atoms with Crippen LogP contribution in [0.4, 0.5) is 5.95 Å². The lowest BCUT2D eigenvalue weighted by Crippen LogP contribution is -2.54. The van der Waals surface area contributed by atoms with Crippen molar-refractivity contribution in [1.82, 2.24) is 19.1 Å². The normalized spacial score (nSPS) is 38.2. The van der Waals surface area contributed by atoms with Crippen molar-refractivity contribution in [2.45, 2.75) is 57.6 Å². The summed E-state index contributed by atoms with van der Waals surface area (Å²) in [4.78, 5) is 23.0. The lowest BCUT2D eigenvalue weighted by molar-refractivity contribution is -0.109. The van der Waals surface area contributed by atoms with Gasteiger partial charge in [-0.25, -0.2) is 9.78 Å². The van der Waals surface area contributed by atoms with Crippen LogP contribution in [0.5, 0.6) is 0 Å². The highest BCUT2D eigenvalue weighted by Gasteiger charge is 2.56. The van der Waals surface area contributed by atoms with E-state index in [1.807, 2.05) is 11.6 Å². The van der Waals surface area contributed by atoms with Crippen LogP contribution in [-0.2, 0) is 11.8 Å². The van der Waals surface area contributed by atoms with Gasteiger partial charge in [-0.3, -0.25) is 9.13 Å². The minimum atomic E-state index is -0.00382. The van der Waals surface area contributed by atoms with E-state index < -0.39 is 0 Å². The summed E-state index contributed by atoms with van der Waals surface area (Å²) in [6, 6.07) is 0.155. The molecule has 8 nitrogen and oxygen atoms in total. The molecule has 0 amide bonds. The molecule has 4 saturated carbocycles. The first kappa shape index (κ1) is 20.9. The summed E-state index contributed by atoms with van der Waals surface area (Å²) in [5.74, 6) is 2.46. The summed E-state index contributed by atoms with van der Waals surface area (Å²) >= 11 is 0. The molecule has 0 aromatic carbocycles. The van der Waals surface area contributed by atoms with Crippen LogP contribution in [0.15, 0.2) is 34.4 Å².